The summed E-state index contributed by atoms with van der Waals surface area (Å²) < 4.78 is 0. The Balaban J connectivity index is -0.00000000500. The molecule has 0 aliphatic heterocycles. The molecule has 0 atom stereocenters. The molecule has 4 heavy (non-hydrogen) atoms. The number of hydrogen-bond acceptors (Lipinski definition) is 2. The Morgan fingerprint density at radius 2 is 1.00 bits per heavy atom. The van der Waals surface area contributed by atoms with Gasteiger partial charge in [-0.15, -0.1) is 23.3 Å². The Morgan fingerprint density at radius 3 is 1.00 bits per heavy atom. The van der Waals surface area contributed by atoms with Crippen LogP contribution in [0, 0.1) is 0 Å². The van der Waals surface area contributed by atoms with Gasteiger partial charge in [0.1, 0.15) is 0 Å². The van der Waals surface area contributed by atoms with E-state index >= 15 is 0 Å². The summed E-state index contributed by atoms with van der Waals surface area (Å²) in [4.78, 5) is 0. The van der Waals surface area contributed by atoms with Crippen LogP contribution < -0.4 is 0 Å². The van der Waals surface area contributed by atoms with E-state index in [1.54, 1.807) is 0 Å². The molecule has 0 N–H and O–H groups in total. The Kier molecular flexibility index (Phi) is 99.1. The zero-order valence-corrected chi connectivity index (χ0v) is 4.18. The molecule has 0 rings (SSSR count). The first-order chi connectivity index (χ1) is 1.00. The summed E-state index contributed by atoms with van der Waals surface area (Å²) in [5.74, 6) is 0. The predicted octanol–water partition coefficient (Wildman–Crippen LogP) is 0.225. The van der Waals surface area contributed by atoms with Crippen molar-refractivity contribution in [2.24, 2.45) is 0 Å². The molecule has 0 saturated heterocycles. The number of thiol groups is 2. The fourth-order valence-corrected chi connectivity index (χ4v) is 0. The normalized spacial score (nSPS) is 1.50. The van der Waals surface area contributed by atoms with Crippen molar-refractivity contribution in [3.05, 3.63) is 0 Å². The van der Waals surface area contributed by atoms with Crippen LogP contribution in [0.2, 0.25) is 0 Å². The van der Waals surface area contributed by atoms with E-state index in [1.165, 1.54) is 0 Å². The molecule has 0 saturated carbocycles. The molecule has 0 unspecified atom stereocenters. The van der Waals surface area contributed by atoms with Crippen LogP contribution in [0.15, 0.2) is 0 Å². The van der Waals surface area contributed by atoms with Crippen molar-refractivity contribution in [1.29, 1.82) is 0 Å². The number of hydrogen-bond donors (Lipinski definition) is 2. The molecule has 0 nitrogen and oxygen atoms in total. The van der Waals surface area contributed by atoms with Crippen molar-refractivity contribution in [3.63, 3.8) is 0 Å². The quantitative estimate of drug-likeness (QED) is 0.248. The SMILES string of the molecule is S.SS.[LiH]. The van der Waals surface area contributed by atoms with Crippen LogP contribution in [0.1, 0.15) is 0 Å². The minimum atomic E-state index is 0. The molecule has 0 bridgehead atoms. The molecule has 0 spiro atoms. The van der Waals surface area contributed by atoms with Crippen LogP contribution in [0.25, 0.3) is 0 Å². The second kappa shape index (κ2) is 22.8. The molecule has 0 aliphatic carbocycles. The van der Waals surface area contributed by atoms with Crippen molar-refractivity contribution >= 4 is 55.7 Å². The van der Waals surface area contributed by atoms with E-state index < -0.39 is 0 Å². The standard InChI is InChI=1S/Li.H2S2.H2S.H/c;1-2;;/h;1-2H;1H2;. The third-order valence-corrected chi connectivity index (χ3v) is 0. The second-order valence-corrected chi connectivity index (χ2v) is 0. The van der Waals surface area contributed by atoms with Crippen molar-refractivity contribution in [3.8, 4) is 0 Å². The molecule has 0 aromatic heterocycles. The Bertz CT molecular complexity index is 3.25. The van der Waals surface area contributed by atoms with Gasteiger partial charge in [0.15, 0.2) is 0 Å². The minimum absolute atomic E-state index is 0. The molecular weight excluding hydrogens is 103 g/mol. The Morgan fingerprint density at radius 1 is 1.00 bits per heavy atom. The fourth-order valence-electron chi connectivity index (χ4n) is 0. The third kappa shape index (κ3) is 9.42. The molecule has 0 fully saturated rings. The zero-order chi connectivity index (χ0) is 2.00. The van der Waals surface area contributed by atoms with Crippen molar-refractivity contribution in [1.82, 2.24) is 0 Å². The van der Waals surface area contributed by atoms with Crippen LogP contribution in [0.4, 0.5) is 0 Å². The summed E-state index contributed by atoms with van der Waals surface area (Å²) in [5.41, 5.74) is 0. The second-order valence-electron chi connectivity index (χ2n) is 0. The first-order valence-corrected chi connectivity index (χ1v) is 1.80. The Labute approximate surface area is 55.6 Å². The average molecular weight is 108 g/mol. The van der Waals surface area contributed by atoms with Gasteiger partial charge in [-0.1, -0.05) is 0 Å². The molecule has 0 radical (unpaired) electrons. The summed E-state index contributed by atoms with van der Waals surface area (Å²) in [5, 5.41) is 0. The van der Waals surface area contributed by atoms with E-state index in [9.17, 15) is 0 Å². The summed E-state index contributed by atoms with van der Waals surface area (Å²) in [6.45, 7) is 0. The Hall–Kier alpha value is 1.65. The van der Waals surface area contributed by atoms with E-state index in [2.05, 4.69) is 23.3 Å². The van der Waals surface area contributed by atoms with E-state index in [0.29, 0.717) is 0 Å². The van der Waals surface area contributed by atoms with E-state index in [4.69, 9.17) is 0 Å². The van der Waals surface area contributed by atoms with Crippen LogP contribution in [-0.2, 0) is 0 Å². The van der Waals surface area contributed by atoms with Gasteiger partial charge in [0.25, 0.3) is 0 Å². The zero-order valence-electron chi connectivity index (χ0n) is 1.39. The molecular formula is H5LiS3. The maximum absolute atomic E-state index is 3.22. The topological polar surface area (TPSA) is 0 Å². The van der Waals surface area contributed by atoms with Gasteiger partial charge < -0.3 is 0 Å². The summed E-state index contributed by atoms with van der Waals surface area (Å²) in [7, 11) is 0. The van der Waals surface area contributed by atoms with Crippen LogP contribution in [0.3, 0.4) is 0 Å². The maximum atomic E-state index is 3.22. The van der Waals surface area contributed by atoms with Crippen LogP contribution in [-0.4, -0.2) is 18.9 Å². The van der Waals surface area contributed by atoms with Gasteiger partial charge in [-0.3, -0.25) is 0 Å². The first kappa shape index (κ1) is 17.4. The van der Waals surface area contributed by atoms with E-state index in [-0.39, 0.29) is 32.4 Å². The van der Waals surface area contributed by atoms with Gasteiger partial charge in [0, 0.05) is 0 Å². The van der Waals surface area contributed by atoms with Crippen molar-refractivity contribution in [2.75, 3.05) is 0 Å². The predicted molar refractivity (Wildman–Crippen MR) is 35.5 cm³/mol. The van der Waals surface area contributed by atoms with E-state index in [0.717, 1.165) is 0 Å². The molecule has 4 heteroatoms. The fraction of sp³-hybridized carbons (Fsp3) is 0. The molecule has 24 valence electrons. The van der Waals surface area contributed by atoms with Gasteiger partial charge in [-0.05, 0) is 0 Å². The molecule has 0 aromatic rings. The van der Waals surface area contributed by atoms with Gasteiger partial charge in [-0.2, -0.15) is 13.5 Å². The molecule has 0 aromatic carbocycles. The average Bonchev–Trinajstić information content (AvgIpc) is 1.00. The van der Waals surface area contributed by atoms with E-state index in [1.807, 2.05) is 0 Å². The van der Waals surface area contributed by atoms with Gasteiger partial charge in [-0.25, -0.2) is 0 Å². The third-order valence-electron chi connectivity index (χ3n) is 0. The summed E-state index contributed by atoms with van der Waals surface area (Å²) in [6, 6.07) is 0. The first-order valence-electron chi connectivity index (χ1n) is 0.200. The molecule has 0 aliphatic rings. The van der Waals surface area contributed by atoms with Gasteiger partial charge in [0.2, 0.25) is 0 Å². The van der Waals surface area contributed by atoms with Gasteiger partial charge >= 0.3 is 18.9 Å². The van der Waals surface area contributed by atoms with Gasteiger partial charge in [0.05, 0.1) is 0 Å². The molecule has 0 heterocycles. The summed E-state index contributed by atoms with van der Waals surface area (Å²) >= 11 is 6.44. The van der Waals surface area contributed by atoms with Crippen molar-refractivity contribution in [2.45, 2.75) is 0 Å². The van der Waals surface area contributed by atoms with Crippen LogP contribution in [0.5, 0.6) is 0 Å². The molecule has 0 amide bonds. The van der Waals surface area contributed by atoms with Crippen LogP contribution >= 0.6 is 36.8 Å². The summed E-state index contributed by atoms with van der Waals surface area (Å²) in [6.07, 6.45) is 0. The number of rotatable bonds is 0. The van der Waals surface area contributed by atoms with Crippen molar-refractivity contribution < 1.29 is 0 Å². The monoisotopic (exact) mass is 108 g/mol.